The molecule has 5 nitrogen and oxygen atoms in total. The summed E-state index contributed by atoms with van der Waals surface area (Å²) in [5.41, 5.74) is 0.907. The Balaban J connectivity index is 2.34. The van der Waals surface area contributed by atoms with Crippen LogP contribution in [0.25, 0.3) is 11.4 Å². The molecule has 0 amide bonds. The van der Waals surface area contributed by atoms with Gasteiger partial charge in [0.15, 0.2) is 0 Å². The topological polar surface area (TPSA) is 68.2 Å². The minimum atomic E-state index is 0.295. The molecule has 0 atom stereocenters. The molecule has 2 aromatic rings. The van der Waals surface area contributed by atoms with E-state index in [1.807, 2.05) is 30.3 Å². The lowest BCUT2D eigenvalue weighted by Crippen LogP contribution is -2.25. The molecular formula is C9H10N4O. The monoisotopic (exact) mass is 190 g/mol. The zero-order chi connectivity index (χ0) is 9.97. The van der Waals surface area contributed by atoms with Crippen LogP contribution < -0.4 is 10.9 Å². The molecule has 0 radical (unpaired) electrons. The maximum atomic E-state index is 5.44. The van der Waals surface area contributed by atoms with Crippen LogP contribution in [0.3, 0.4) is 0 Å². The van der Waals surface area contributed by atoms with Gasteiger partial charge in [-0.15, -0.1) is 0 Å². The molecule has 1 aromatic carbocycles. The van der Waals surface area contributed by atoms with Crippen molar-refractivity contribution < 1.29 is 4.52 Å². The molecular weight excluding hydrogens is 180 g/mol. The SMILES string of the molecule is CN(N)c1nc(-c2ccccc2)no1. The Morgan fingerprint density at radius 1 is 1.29 bits per heavy atom. The molecule has 0 aliphatic heterocycles. The predicted molar refractivity (Wildman–Crippen MR) is 52.3 cm³/mol. The van der Waals surface area contributed by atoms with Gasteiger partial charge < -0.3 is 4.52 Å². The highest BCUT2D eigenvalue weighted by Crippen LogP contribution is 2.17. The first kappa shape index (κ1) is 8.71. The molecule has 0 fully saturated rings. The Morgan fingerprint density at radius 2 is 2.00 bits per heavy atom. The summed E-state index contributed by atoms with van der Waals surface area (Å²) in [4.78, 5) is 4.10. The van der Waals surface area contributed by atoms with Gasteiger partial charge in [-0.2, -0.15) is 4.98 Å². The van der Waals surface area contributed by atoms with E-state index in [0.29, 0.717) is 11.8 Å². The number of hydrogen-bond donors (Lipinski definition) is 1. The third kappa shape index (κ3) is 1.57. The highest BCUT2D eigenvalue weighted by atomic mass is 16.5. The van der Waals surface area contributed by atoms with Gasteiger partial charge in [-0.25, -0.2) is 5.84 Å². The number of nitrogens with zero attached hydrogens (tertiary/aromatic N) is 3. The van der Waals surface area contributed by atoms with Gasteiger partial charge in [-0.05, 0) is 0 Å². The van der Waals surface area contributed by atoms with E-state index < -0.39 is 0 Å². The van der Waals surface area contributed by atoms with Crippen LogP contribution in [0.2, 0.25) is 0 Å². The van der Waals surface area contributed by atoms with Crippen molar-refractivity contribution in [3.05, 3.63) is 30.3 Å². The van der Waals surface area contributed by atoms with Crippen molar-refractivity contribution in [2.75, 3.05) is 12.1 Å². The van der Waals surface area contributed by atoms with E-state index in [1.165, 1.54) is 5.01 Å². The summed E-state index contributed by atoms with van der Waals surface area (Å²) in [6.45, 7) is 0. The summed E-state index contributed by atoms with van der Waals surface area (Å²) in [5.74, 6) is 5.98. The molecule has 5 heteroatoms. The van der Waals surface area contributed by atoms with Gasteiger partial charge in [-0.1, -0.05) is 35.5 Å². The van der Waals surface area contributed by atoms with Gasteiger partial charge >= 0.3 is 6.01 Å². The van der Waals surface area contributed by atoms with Crippen molar-refractivity contribution in [2.45, 2.75) is 0 Å². The van der Waals surface area contributed by atoms with Crippen LogP contribution in [0, 0.1) is 0 Å². The minimum absolute atomic E-state index is 0.295. The van der Waals surface area contributed by atoms with E-state index in [9.17, 15) is 0 Å². The van der Waals surface area contributed by atoms with E-state index in [-0.39, 0.29) is 0 Å². The summed E-state index contributed by atoms with van der Waals surface area (Å²) in [5, 5.41) is 5.08. The average molecular weight is 190 g/mol. The van der Waals surface area contributed by atoms with Crippen LogP contribution in [-0.4, -0.2) is 17.2 Å². The van der Waals surface area contributed by atoms with Crippen molar-refractivity contribution in [1.82, 2.24) is 10.1 Å². The number of hydrogen-bond acceptors (Lipinski definition) is 5. The Bertz CT molecular complexity index is 410. The number of rotatable bonds is 2. The average Bonchev–Trinajstić information content (AvgIpc) is 2.68. The van der Waals surface area contributed by atoms with Crippen LogP contribution in [-0.2, 0) is 0 Å². The summed E-state index contributed by atoms with van der Waals surface area (Å²) in [7, 11) is 1.64. The first-order chi connectivity index (χ1) is 6.77. The fraction of sp³-hybridized carbons (Fsp3) is 0.111. The van der Waals surface area contributed by atoms with Crippen LogP contribution in [0.5, 0.6) is 0 Å². The zero-order valence-corrected chi connectivity index (χ0v) is 7.71. The quantitative estimate of drug-likeness (QED) is 0.566. The van der Waals surface area contributed by atoms with Gasteiger partial charge in [-0.3, -0.25) is 5.01 Å². The fourth-order valence-electron chi connectivity index (χ4n) is 1.06. The number of aromatic nitrogens is 2. The van der Waals surface area contributed by atoms with Crippen molar-refractivity contribution >= 4 is 6.01 Å². The third-order valence-electron chi connectivity index (χ3n) is 1.75. The molecule has 2 N–H and O–H groups in total. The summed E-state index contributed by atoms with van der Waals surface area (Å²) >= 11 is 0. The number of hydrazine groups is 1. The Hall–Kier alpha value is -1.88. The lowest BCUT2D eigenvalue weighted by Gasteiger charge is -2.01. The van der Waals surface area contributed by atoms with Gasteiger partial charge in [0.1, 0.15) is 0 Å². The van der Waals surface area contributed by atoms with Gasteiger partial charge in [0.2, 0.25) is 5.82 Å². The minimum Gasteiger partial charge on any atom is -0.313 e. The van der Waals surface area contributed by atoms with Crippen LogP contribution in [0.4, 0.5) is 6.01 Å². The van der Waals surface area contributed by atoms with Crippen LogP contribution in [0.15, 0.2) is 34.9 Å². The lowest BCUT2D eigenvalue weighted by atomic mass is 10.2. The number of anilines is 1. The molecule has 2 rings (SSSR count). The molecule has 0 saturated heterocycles. The fourth-order valence-corrected chi connectivity index (χ4v) is 1.06. The van der Waals surface area contributed by atoms with E-state index in [2.05, 4.69) is 10.1 Å². The summed E-state index contributed by atoms with van der Waals surface area (Å²) < 4.78 is 4.92. The van der Waals surface area contributed by atoms with E-state index in [0.717, 1.165) is 5.56 Å². The molecule has 0 saturated carbocycles. The molecule has 1 aromatic heterocycles. The standard InChI is InChI=1S/C9H10N4O/c1-13(10)9-11-8(12-14-9)7-5-3-2-4-6-7/h2-6H,10H2,1H3. The highest BCUT2D eigenvalue weighted by Gasteiger charge is 2.08. The number of nitrogens with two attached hydrogens (primary N) is 1. The lowest BCUT2D eigenvalue weighted by molar-refractivity contribution is 0.420. The molecule has 0 spiro atoms. The van der Waals surface area contributed by atoms with Crippen molar-refractivity contribution in [3.8, 4) is 11.4 Å². The molecule has 0 aliphatic rings. The molecule has 0 aliphatic carbocycles. The molecule has 72 valence electrons. The van der Waals surface area contributed by atoms with Crippen molar-refractivity contribution in [2.24, 2.45) is 5.84 Å². The van der Waals surface area contributed by atoms with Gasteiger partial charge in [0.25, 0.3) is 0 Å². The molecule has 0 unspecified atom stereocenters. The van der Waals surface area contributed by atoms with Gasteiger partial charge in [0.05, 0.1) is 0 Å². The first-order valence-corrected chi connectivity index (χ1v) is 4.15. The third-order valence-corrected chi connectivity index (χ3v) is 1.75. The van der Waals surface area contributed by atoms with E-state index in [4.69, 9.17) is 10.4 Å². The maximum absolute atomic E-state index is 5.44. The molecule has 1 heterocycles. The van der Waals surface area contributed by atoms with E-state index >= 15 is 0 Å². The second-order valence-electron chi connectivity index (χ2n) is 2.88. The normalized spacial score (nSPS) is 10.1. The second kappa shape index (κ2) is 3.47. The van der Waals surface area contributed by atoms with Crippen LogP contribution in [0.1, 0.15) is 0 Å². The van der Waals surface area contributed by atoms with E-state index in [1.54, 1.807) is 7.05 Å². The second-order valence-corrected chi connectivity index (χ2v) is 2.88. The summed E-state index contributed by atoms with van der Waals surface area (Å²) in [6, 6.07) is 9.87. The maximum Gasteiger partial charge on any atom is 0.338 e. The molecule has 0 bridgehead atoms. The predicted octanol–water partition coefficient (Wildman–Crippen LogP) is 1.05. The largest absolute Gasteiger partial charge is 0.338 e. The Kier molecular flexibility index (Phi) is 2.16. The molecule has 14 heavy (non-hydrogen) atoms. The number of benzene rings is 1. The van der Waals surface area contributed by atoms with Crippen molar-refractivity contribution in [3.63, 3.8) is 0 Å². The van der Waals surface area contributed by atoms with Gasteiger partial charge in [0, 0.05) is 12.6 Å². The van der Waals surface area contributed by atoms with Crippen LogP contribution >= 0.6 is 0 Å². The Labute approximate surface area is 81.1 Å². The highest BCUT2D eigenvalue weighted by molar-refractivity contribution is 5.54. The Morgan fingerprint density at radius 3 is 2.57 bits per heavy atom. The first-order valence-electron chi connectivity index (χ1n) is 4.15. The smallest absolute Gasteiger partial charge is 0.313 e. The summed E-state index contributed by atoms with van der Waals surface area (Å²) in [6.07, 6.45) is 0. The zero-order valence-electron chi connectivity index (χ0n) is 7.71. The van der Waals surface area contributed by atoms with Crippen molar-refractivity contribution in [1.29, 1.82) is 0 Å².